The molecule has 0 spiro atoms. The first-order valence-corrected chi connectivity index (χ1v) is 7.98. The number of ether oxygens (including phenoxy) is 1. The first kappa shape index (κ1) is 16.7. The highest BCUT2D eigenvalue weighted by Gasteiger charge is 2.23. The molecular weight excluding hydrogens is 290 g/mol. The van der Waals surface area contributed by atoms with Crippen molar-refractivity contribution in [2.75, 3.05) is 0 Å². The van der Waals surface area contributed by atoms with Gasteiger partial charge in [-0.25, -0.2) is 0 Å². The second-order valence-corrected chi connectivity index (χ2v) is 6.07. The van der Waals surface area contributed by atoms with Crippen LogP contribution in [0.1, 0.15) is 50.7 Å². The van der Waals surface area contributed by atoms with Gasteiger partial charge in [0.1, 0.15) is 6.10 Å². The van der Waals surface area contributed by atoms with Crippen LogP contribution >= 0.6 is 11.6 Å². The number of halogens is 1. The van der Waals surface area contributed by atoms with Crippen molar-refractivity contribution < 1.29 is 14.9 Å². The lowest BCUT2D eigenvalue weighted by molar-refractivity contribution is -0.180. The fourth-order valence-corrected chi connectivity index (χ4v) is 3.00. The van der Waals surface area contributed by atoms with E-state index in [0.29, 0.717) is 16.6 Å². The van der Waals surface area contributed by atoms with E-state index in [2.05, 4.69) is 5.32 Å². The summed E-state index contributed by atoms with van der Waals surface area (Å²) in [7, 11) is 0. The predicted molar refractivity (Wildman–Crippen MR) is 83.0 cm³/mol. The maximum absolute atomic E-state index is 10.3. The molecule has 1 aliphatic carbocycles. The summed E-state index contributed by atoms with van der Waals surface area (Å²) in [5, 5.41) is 23.8. The standard InChI is InChI=1S/C16H24ClNO3/c1-11(15(19)13-9-5-6-10-14(13)17)21-16(20)18-12-7-3-2-4-8-12/h5-6,9-12,15-16,18-20H,2-4,7-8H2,1H3. The molecule has 5 heteroatoms. The van der Waals surface area contributed by atoms with Crippen LogP contribution in [0.2, 0.25) is 5.02 Å². The van der Waals surface area contributed by atoms with Crippen LogP contribution in [0.4, 0.5) is 0 Å². The third-order valence-electron chi connectivity index (χ3n) is 4.00. The Hall–Kier alpha value is -0.650. The van der Waals surface area contributed by atoms with Gasteiger partial charge in [-0.3, -0.25) is 5.32 Å². The van der Waals surface area contributed by atoms with Crippen molar-refractivity contribution in [1.29, 1.82) is 0 Å². The van der Waals surface area contributed by atoms with Crippen LogP contribution in [-0.4, -0.2) is 28.8 Å². The lowest BCUT2D eigenvalue weighted by atomic mass is 9.96. The summed E-state index contributed by atoms with van der Waals surface area (Å²) in [5.41, 5.74) is 0.608. The van der Waals surface area contributed by atoms with Crippen molar-refractivity contribution in [1.82, 2.24) is 5.32 Å². The fourth-order valence-electron chi connectivity index (χ4n) is 2.76. The molecule has 4 nitrogen and oxygen atoms in total. The molecule has 3 N–H and O–H groups in total. The average molecular weight is 314 g/mol. The molecule has 21 heavy (non-hydrogen) atoms. The highest BCUT2D eigenvalue weighted by atomic mass is 35.5. The van der Waals surface area contributed by atoms with Gasteiger partial charge in [0.05, 0.1) is 6.10 Å². The minimum Gasteiger partial charge on any atom is -0.386 e. The Morgan fingerprint density at radius 1 is 1.19 bits per heavy atom. The smallest absolute Gasteiger partial charge is 0.214 e. The maximum atomic E-state index is 10.3. The number of benzene rings is 1. The normalized spacial score (nSPS) is 21.0. The van der Waals surface area contributed by atoms with Gasteiger partial charge >= 0.3 is 0 Å². The fraction of sp³-hybridized carbons (Fsp3) is 0.625. The zero-order chi connectivity index (χ0) is 15.2. The second-order valence-electron chi connectivity index (χ2n) is 5.66. The first-order chi connectivity index (χ1) is 10.1. The van der Waals surface area contributed by atoms with Crippen molar-refractivity contribution in [3.05, 3.63) is 34.9 Å². The Morgan fingerprint density at radius 2 is 1.86 bits per heavy atom. The van der Waals surface area contributed by atoms with Gasteiger partial charge in [-0.05, 0) is 25.8 Å². The SMILES string of the molecule is CC(OC(O)NC1CCCCC1)C(O)c1ccccc1Cl. The Morgan fingerprint density at radius 3 is 2.52 bits per heavy atom. The monoisotopic (exact) mass is 313 g/mol. The summed E-state index contributed by atoms with van der Waals surface area (Å²) in [6.45, 7) is 1.72. The molecule has 0 aliphatic heterocycles. The Balaban J connectivity index is 1.85. The van der Waals surface area contributed by atoms with Crippen LogP contribution in [0.3, 0.4) is 0 Å². The van der Waals surface area contributed by atoms with Crippen molar-refractivity contribution in [2.45, 2.75) is 63.7 Å². The third-order valence-corrected chi connectivity index (χ3v) is 4.34. The van der Waals surface area contributed by atoms with E-state index >= 15 is 0 Å². The molecule has 0 bridgehead atoms. The Labute approximate surface area is 131 Å². The van der Waals surface area contributed by atoms with Crippen LogP contribution in [0.15, 0.2) is 24.3 Å². The van der Waals surface area contributed by atoms with E-state index in [1.165, 1.54) is 19.3 Å². The summed E-state index contributed by atoms with van der Waals surface area (Å²) in [4.78, 5) is 0. The van der Waals surface area contributed by atoms with Crippen LogP contribution in [0, 0.1) is 0 Å². The molecule has 2 rings (SSSR count). The molecule has 1 aromatic rings. The van der Waals surface area contributed by atoms with E-state index in [9.17, 15) is 10.2 Å². The molecule has 0 saturated heterocycles. The quantitative estimate of drug-likeness (QED) is 0.707. The van der Waals surface area contributed by atoms with Gasteiger partial charge in [0.2, 0.25) is 6.41 Å². The van der Waals surface area contributed by atoms with Gasteiger partial charge in [-0.15, -0.1) is 0 Å². The van der Waals surface area contributed by atoms with Crippen LogP contribution in [0.25, 0.3) is 0 Å². The first-order valence-electron chi connectivity index (χ1n) is 7.60. The zero-order valence-corrected chi connectivity index (χ0v) is 13.1. The van der Waals surface area contributed by atoms with Gasteiger partial charge in [0.25, 0.3) is 0 Å². The summed E-state index contributed by atoms with van der Waals surface area (Å²) in [6, 6.07) is 7.40. The van der Waals surface area contributed by atoms with Gasteiger partial charge < -0.3 is 14.9 Å². The van der Waals surface area contributed by atoms with Crippen LogP contribution in [-0.2, 0) is 4.74 Å². The number of nitrogens with one attached hydrogen (secondary N) is 1. The maximum Gasteiger partial charge on any atom is 0.214 e. The molecule has 3 unspecified atom stereocenters. The number of aliphatic hydroxyl groups is 2. The minimum atomic E-state index is -1.07. The highest BCUT2D eigenvalue weighted by molar-refractivity contribution is 6.31. The van der Waals surface area contributed by atoms with Crippen molar-refractivity contribution in [3.8, 4) is 0 Å². The number of hydrogen-bond acceptors (Lipinski definition) is 4. The number of aliphatic hydroxyl groups excluding tert-OH is 2. The summed E-state index contributed by atoms with van der Waals surface area (Å²) in [5.74, 6) is 0. The van der Waals surface area contributed by atoms with E-state index in [1.54, 1.807) is 19.1 Å². The van der Waals surface area contributed by atoms with Gasteiger partial charge in [-0.2, -0.15) is 0 Å². The largest absolute Gasteiger partial charge is 0.386 e. The molecule has 1 saturated carbocycles. The van der Waals surface area contributed by atoms with Crippen LogP contribution < -0.4 is 5.32 Å². The molecule has 1 aromatic carbocycles. The lowest BCUT2D eigenvalue weighted by Gasteiger charge is -2.29. The van der Waals surface area contributed by atoms with Crippen molar-refractivity contribution in [3.63, 3.8) is 0 Å². The molecule has 1 aliphatic rings. The second kappa shape index (κ2) is 8.11. The predicted octanol–water partition coefficient (Wildman–Crippen LogP) is 2.98. The van der Waals surface area contributed by atoms with E-state index < -0.39 is 18.6 Å². The lowest BCUT2D eigenvalue weighted by Crippen LogP contribution is -2.43. The molecule has 0 heterocycles. The zero-order valence-electron chi connectivity index (χ0n) is 12.3. The van der Waals surface area contributed by atoms with E-state index in [4.69, 9.17) is 16.3 Å². The molecule has 1 fully saturated rings. The molecule has 0 radical (unpaired) electrons. The Bertz CT molecular complexity index is 437. The number of rotatable bonds is 6. The van der Waals surface area contributed by atoms with Crippen molar-refractivity contribution in [2.24, 2.45) is 0 Å². The molecule has 118 valence electrons. The Kier molecular flexibility index (Phi) is 6.45. The summed E-state index contributed by atoms with van der Waals surface area (Å²) >= 11 is 6.06. The van der Waals surface area contributed by atoms with Crippen molar-refractivity contribution >= 4 is 11.6 Å². The van der Waals surface area contributed by atoms with Gasteiger partial charge in [0, 0.05) is 16.6 Å². The van der Waals surface area contributed by atoms with Crippen LogP contribution in [0.5, 0.6) is 0 Å². The summed E-state index contributed by atoms with van der Waals surface area (Å²) < 4.78 is 5.46. The highest BCUT2D eigenvalue weighted by Crippen LogP contribution is 2.26. The van der Waals surface area contributed by atoms with Gasteiger partial charge in [-0.1, -0.05) is 49.1 Å². The third kappa shape index (κ3) is 4.94. The van der Waals surface area contributed by atoms with E-state index in [1.807, 2.05) is 12.1 Å². The molecule has 3 atom stereocenters. The average Bonchev–Trinajstić information content (AvgIpc) is 2.48. The van der Waals surface area contributed by atoms with Gasteiger partial charge in [0.15, 0.2) is 0 Å². The minimum absolute atomic E-state index is 0.290. The van der Waals surface area contributed by atoms with E-state index in [-0.39, 0.29) is 0 Å². The van der Waals surface area contributed by atoms with E-state index in [0.717, 1.165) is 12.8 Å². The molecule has 0 aromatic heterocycles. The summed E-state index contributed by atoms with van der Waals surface area (Å²) in [6.07, 6.45) is 3.24. The molecular formula is C16H24ClNO3. The topological polar surface area (TPSA) is 61.7 Å². The molecule has 0 amide bonds. The number of hydrogen-bond donors (Lipinski definition) is 3.